The zero-order chi connectivity index (χ0) is 11.5. The molecule has 0 atom stereocenters. The topological polar surface area (TPSA) is 35.5 Å². The van der Waals surface area contributed by atoms with Gasteiger partial charge in [0, 0.05) is 19.1 Å². The molecule has 0 aliphatic heterocycles. The van der Waals surface area contributed by atoms with Crippen LogP contribution in [0.15, 0.2) is 30.3 Å². The minimum Gasteiger partial charge on any atom is -0.463 e. The lowest BCUT2D eigenvalue weighted by Crippen LogP contribution is -2.05. The van der Waals surface area contributed by atoms with Gasteiger partial charge in [-0.15, -0.1) is 0 Å². The lowest BCUT2D eigenvalue weighted by Gasteiger charge is -1.97. The van der Waals surface area contributed by atoms with Crippen molar-refractivity contribution in [3.05, 3.63) is 35.4 Å². The second-order valence-electron chi connectivity index (χ2n) is 2.63. The highest BCUT2D eigenvalue weighted by atomic mass is 35.5. The summed E-state index contributed by atoms with van der Waals surface area (Å²) in [5.41, 5.74) is 0. The van der Waals surface area contributed by atoms with Gasteiger partial charge in [0.25, 0.3) is 0 Å². The molecule has 0 unspecified atom stereocenters. The molecular weight excluding hydrogens is 216 g/mol. The van der Waals surface area contributed by atoms with Crippen LogP contribution < -0.4 is 0 Å². The van der Waals surface area contributed by atoms with Crippen LogP contribution in [0.5, 0.6) is 0 Å². The van der Waals surface area contributed by atoms with E-state index in [2.05, 4.69) is 9.47 Å². The van der Waals surface area contributed by atoms with Gasteiger partial charge >= 0.3 is 5.97 Å². The Morgan fingerprint density at radius 3 is 2.20 bits per heavy atom. The molecule has 1 aromatic rings. The molecule has 4 heteroatoms. The van der Waals surface area contributed by atoms with Gasteiger partial charge in [0.2, 0.25) is 0 Å². The standard InChI is InChI=1S/C6H5Cl.C5H10O3/c7-6-4-2-1-3-5-6;1-5(6)8-4-3-7-2/h1-5H;3-4H2,1-2H3. The number of hydrogen-bond donors (Lipinski definition) is 0. The van der Waals surface area contributed by atoms with Crippen LogP contribution in [0.4, 0.5) is 0 Å². The van der Waals surface area contributed by atoms with E-state index in [0.717, 1.165) is 5.02 Å². The predicted octanol–water partition coefficient (Wildman–Crippen LogP) is 2.54. The number of esters is 1. The molecule has 84 valence electrons. The van der Waals surface area contributed by atoms with Crippen molar-refractivity contribution in [1.29, 1.82) is 0 Å². The fraction of sp³-hybridized carbons (Fsp3) is 0.364. The van der Waals surface area contributed by atoms with Crippen molar-refractivity contribution in [2.24, 2.45) is 0 Å². The number of rotatable bonds is 3. The quantitative estimate of drug-likeness (QED) is 0.591. The average Bonchev–Trinajstić information content (AvgIpc) is 2.20. The van der Waals surface area contributed by atoms with Gasteiger partial charge in [0.15, 0.2) is 0 Å². The fourth-order valence-corrected chi connectivity index (χ4v) is 0.829. The molecule has 15 heavy (non-hydrogen) atoms. The van der Waals surface area contributed by atoms with E-state index in [1.807, 2.05) is 30.3 Å². The molecule has 0 amide bonds. The molecule has 0 aliphatic carbocycles. The van der Waals surface area contributed by atoms with E-state index < -0.39 is 0 Å². The third kappa shape index (κ3) is 10.9. The maximum Gasteiger partial charge on any atom is 0.302 e. The molecule has 0 saturated carbocycles. The van der Waals surface area contributed by atoms with Crippen molar-refractivity contribution in [1.82, 2.24) is 0 Å². The zero-order valence-electron chi connectivity index (χ0n) is 8.90. The maximum absolute atomic E-state index is 10.0. The van der Waals surface area contributed by atoms with Crippen LogP contribution >= 0.6 is 11.6 Å². The van der Waals surface area contributed by atoms with Crippen LogP contribution in [-0.2, 0) is 14.3 Å². The molecule has 0 fully saturated rings. The first kappa shape index (κ1) is 13.9. The van der Waals surface area contributed by atoms with Crippen LogP contribution in [0, 0.1) is 0 Å². The summed E-state index contributed by atoms with van der Waals surface area (Å²) in [6, 6.07) is 9.44. The lowest BCUT2D eigenvalue weighted by atomic mass is 10.4. The molecule has 1 rings (SSSR count). The van der Waals surface area contributed by atoms with Crippen molar-refractivity contribution in [3.8, 4) is 0 Å². The highest BCUT2D eigenvalue weighted by molar-refractivity contribution is 6.30. The largest absolute Gasteiger partial charge is 0.463 e. The maximum atomic E-state index is 10.0. The summed E-state index contributed by atoms with van der Waals surface area (Å²) in [6.07, 6.45) is 0. The Labute approximate surface area is 95.0 Å². The molecule has 1 aromatic carbocycles. The summed E-state index contributed by atoms with van der Waals surface area (Å²) in [6.45, 7) is 2.20. The summed E-state index contributed by atoms with van der Waals surface area (Å²) < 4.78 is 9.13. The Morgan fingerprint density at radius 2 is 1.87 bits per heavy atom. The predicted molar refractivity (Wildman–Crippen MR) is 60.0 cm³/mol. The number of benzene rings is 1. The highest BCUT2D eigenvalue weighted by Crippen LogP contribution is 2.03. The minimum absolute atomic E-state index is 0.262. The van der Waals surface area contributed by atoms with Crippen molar-refractivity contribution in [2.45, 2.75) is 6.92 Å². The van der Waals surface area contributed by atoms with E-state index in [-0.39, 0.29) is 5.97 Å². The van der Waals surface area contributed by atoms with Gasteiger partial charge in [0.05, 0.1) is 6.61 Å². The van der Waals surface area contributed by atoms with E-state index in [0.29, 0.717) is 13.2 Å². The number of halogens is 1. The molecule has 0 aromatic heterocycles. The number of carbonyl (C=O) groups excluding carboxylic acids is 1. The second-order valence-corrected chi connectivity index (χ2v) is 3.06. The van der Waals surface area contributed by atoms with Crippen molar-refractivity contribution in [2.75, 3.05) is 20.3 Å². The van der Waals surface area contributed by atoms with E-state index in [1.54, 1.807) is 7.11 Å². The van der Waals surface area contributed by atoms with Gasteiger partial charge in [-0.2, -0.15) is 0 Å². The number of ether oxygens (including phenoxy) is 2. The summed E-state index contributed by atoms with van der Waals surface area (Å²) in [7, 11) is 1.56. The van der Waals surface area contributed by atoms with Crippen LogP contribution in [0.1, 0.15) is 6.92 Å². The summed E-state index contributed by atoms with van der Waals surface area (Å²) in [5, 5.41) is 0.794. The first-order chi connectivity index (χ1) is 7.16. The Bertz CT molecular complexity index is 262. The average molecular weight is 231 g/mol. The minimum atomic E-state index is -0.262. The number of hydrogen-bond acceptors (Lipinski definition) is 3. The van der Waals surface area contributed by atoms with Gasteiger partial charge in [-0.3, -0.25) is 4.79 Å². The molecule has 0 aliphatic rings. The van der Waals surface area contributed by atoms with Gasteiger partial charge in [-0.1, -0.05) is 29.8 Å². The molecule has 0 radical (unpaired) electrons. The third-order valence-corrected chi connectivity index (χ3v) is 1.58. The zero-order valence-corrected chi connectivity index (χ0v) is 9.66. The first-order valence-electron chi connectivity index (χ1n) is 4.49. The normalized spacial score (nSPS) is 8.73. The van der Waals surface area contributed by atoms with E-state index in [9.17, 15) is 4.79 Å². The SMILES string of the molecule is COCCOC(C)=O.Clc1ccccc1. The smallest absolute Gasteiger partial charge is 0.302 e. The van der Waals surface area contributed by atoms with Crippen LogP contribution in [0.3, 0.4) is 0 Å². The second kappa shape index (κ2) is 9.49. The Balaban J connectivity index is 0.000000262. The van der Waals surface area contributed by atoms with E-state index in [4.69, 9.17) is 11.6 Å². The number of carbonyl (C=O) groups is 1. The van der Waals surface area contributed by atoms with Crippen LogP contribution in [-0.4, -0.2) is 26.3 Å². The fourth-order valence-electron chi connectivity index (χ4n) is 0.683. The Hall–Kier alpha value is -1.06. The van der Waals surface area contributed by atoms with Gasteiger partial charge in [-0.05, 0) is 12.1 Å². The van der Waals surface area contributed by atoms with Crippen molar-refractivity contribution in [3.63, 3.8) is 0 Å². The monoisotopic (exact) mass is 230 g/mol. The highest BCUT2D eigenvalue weighted by Gasteiger charge is 1.88. The summed E-state index contributed by atoms with van der Waals surface area (Å²) in [4.78, 5) is 10.0. The van der Waals surface area contributed by atoms with Crippen molar-refractivity contribution < 1.29 is 14.3 Å². The molecule has 0 saturated heterocycles. The first-order valence-corrected chi connectivity index (χ1v) is 4.87. The van der Waals surface area contributed by atoms with Gasteiger partial charge in [-0.25, -0.2) is 0 Å². The molecular formula is C11H15ClO3. The van der Waals surface area contributed by atoms with Gasteiger partial charge < -0.3 is 9.47 Å². The number of methoxy groups -OCH3 is 1. The van der Waals surface area contributed by atoms with E-state index in [1.165, 1.54) is 6.92 Å². The molecule has 0 spiro atoms. The molecule has 0 bridgehead atoms. The summed E-state index contributed by atoms with van der Waals surface area (Å²) >= 11 is 5.54. The van der Waals surface area contributed by atoms with Crippen molar-refractivity contribution >= 4 is 17.6 Å². The molecule has 3 nitrogen and oxygen atoms in total. The molecule has 0 heterocycles. The van der Waals surface area contributed by atoms with Crippen LogP contribution in [0.2, 0.25) is 5.02 Å². The Morgan fingerprint density at radius 1 is 1.27 bits per heavy atom. The van der Waals surface area contributed by atoms with Gasteiger partial charge in [0.1, 0.15) is 6.61 Å². The third-order valence-electron chi connectivity index (χ3n) is 1.33. The Kier molecular flexibility index (Phi) is 8.82. The van der Waals surface area contributed by atoms with E-state index >= 15 is 0 Å². The van der Waals surface area contributed by atoms with Crippen LogP contribution in [0.25, 0.3) is 0 Å². The summed E-state index contributed by atoms with van der Waals surface area (Å²) in [5.74, 6) is -0.262. The molecule has 0 N–H and O–H groups in total. The lowest BCUT2D eigenvalue weighted by molar-refractivity contribution is -0.142.